The molecule has 4 rings (SSSR count). The molecule has 4 aromatic rings. The molecule has 0 saturated heterocycles. The van der Waals surface area contributed by atoms with Crippen molar-refractivity contribution in [1.82, 2.24) is 10.1 Å². The molecule has 0 bridgehead atoms. The van der Waals surface area contributed by atoms with E-state index in [0.717, 1.165) is 11.3 Å². The summed E-state index contributed by atoms with van der Waals surface area (Å²) in [6, 6.07) is 6.73. The van der Waals surface area contributed by atoms with Crippen molar-refractivity contribution in [3.05, 3.63) is 52.1 Å². The number of hydrogen-bond donors (Lipinski definition) is 1. The van der Waals surface area contributed by atoms with Gasteiger partial charge in [-0.2, -0.15) is 0 Å². The van der Waals surface area contributed by atoms with Gasteiger partial charge in [0.2, 0.25) is 0 Å². The van der Waals surface area contributed by atoms with Gasteiger partial charge in [-0.3, -0.25) is 4.79 Å². The van der Waals surface area contributed by atoms with Crippen LogP contribution in [0.3, 0.4) is 0 Å². The summed E-state index contributed by atoms with van der Waals surface area (Å²) in [6.07, 6.45) is 0. The quantitative estimate of drug-likeness (QED) is 0.446. The summed E-state index contributed by atoms with van der Waals surface area (Å²) in [5, 5.41) is 7.74. The maximum absolute atomic E-state index is 13.3. The lowest BCUT2D eigenvalue weighted by Gasteiger charge is -2.14. The molecule has 3 heterocycles. The number of halogens is 1. The first-order chi connectivity index (χ1) is 14.8. The fraction of sp³-hybridized carbons (Fsp3) is 0.227. The number of nitrogens with one attached hydrogen (secondary N) is 1. The topological polar surface area (TPSA) is 99.6 Å². The molecule has 31 heavy (non-hydrogen) atoms. The third-order valence-electron chi connectivity index (χ3n) is 4.90. The molecule has 0 atom stereocenters. The van der Waals surface area contributed by atoms with E-state index in [2.05, 4.69) is 15.5 Å². The molecule has 1 aromatic carbocycles. The standard InChI is InChI=1S/C22H20ClN3O5/c1-10-6-13(12(3)30-10)16-7-14(20-11(2)26-31-22(20)25-16)21(27)24-17-9-18(28-4)15(23)8-19(17)29-5/h6-9H,1-5H3,(H,24,27). The maximum atomic E-state index is 13.3. The predicted octanol–water partition coefficient (Wildman–Crippen LogP) is 5.33. The zero-order valence-corrected chi connectivity index (χ0v) is 18.4. The number of carbonyl (C=O) groups excluding carboxylic acids is 1. The van der Waals surface area contributed by atoms with Crippen molar-refractivity contribution in [1.29, 1.82) is 0 Å². The molecule has 1 amide bonds. The van der Waals surface area contributed by atoms with Crippen LogP contribution in [-0.4, -0.2) is 30.3 Å². The SMILES string of the molecule is COc1cc(NC(=O)c2cc(-c3cc(C)oc3C)nc3onc(C)c23)c(OC)cc1Cl. The van der Waals surface area contributed by atoms with Crippen LogP contribution in [0.1, 0.15) is 27.6 Å². The van der Waals surface area contributed by atoms with Crippen molar-refractivity contribution in [2.24, 2.45) is 0 Å². The Labute approximate surface area is 183 Å². The van der Waals surface area contributed by atoms with Gasteiger partial charge in [-0.25, -0.2) is 4.98 Å². The normalized spacial score (nSPS) is 11.0. The number of rotatable bonds is 5. The van der Waals surface area contributed by atoms with E-state index in [1.165, 1.54) is 14.2 Å². The molecular formula is C22H20ClN3O5. The second-order valence-corrected chi connectivity index (χ2v) is 7.38. The van der Waals surface area contributed by atoms with Gasteiger partial charge in [-0.05, 0) is 32.9 Å². The summed E-state index contributed by atoms with van der Waals surface area (Å²) in [7, 11) is 2.98. The number of anilines is 1. The first kappa shape index (κ1) is 20.7. The Bertz CT molecular complexity index is 1310. The minimum Gasteiger partial charge on any atom is -0.495 e. The van der Waals surface area contributed by atoms with Crippen molar-refractivity contribution >= 4 is 34.3 Å². The molecule has 0 fully saturated rings. The molecule has 1 N–H and O–H groups in total. The second kappa shape index (κ2) is 7.96. The Morgan fingerprint density at radius 2 is 1.81 bits per heavy atom. The van der Waals surface area contributed by atoms with Crippen LogP contribution >= 0.6 is 11.6 Å². The Balaban J connectivity index is 1.83. The van der Waals surface area contributed by atoms with Gasteiger partial charge < -0.3 is 23.7 Å². The van der Waals surface area contributed by atoms with E-state index in [1.807, 2.05) is 19.9 Å². The van der Waals surface area contributed by atoms with E-state index in [0.29, 0.717) is 50.3 Å². The van der Waals surface area contributed by atoms with Crippen LogP contribution < -0.4 is 14.8 Å². The molecule has 8 nitrogen and oxygen atoms in total. The van der Waals surface area contributed by atoms with Gasteiger partial charge in [-0.1, -0.05) is 16.8 Å². The van der Waals surface area contributed by atoms with E-state index >= 15 is 0 Å². The van der Waals surface area contributed by atoms with Crippen molar-refractivity contribution in [2.75, 3.05) is 19.5 Å². The van der Waals surface area contributed by atoms with Crippen LogP contribution in [0.2, 0.25) is 5.02 Å². The summed E-state index contributed by atoms with van der Waals surface area (Å²) in [5.41, 5.74) is 2.90. The highest BCUT2D eigenvalue weighted by molar-refractivity contribution is 6.32. The Kier molecular flexibility index (Phi) is 5.32. The Morgan fingerprint density at radius 3 is 2.45 bits per heavy atom. The average molecular weight is 442 g/mol. The molecule has 0 unspecified atom stereocenters. The monoisotopic (exact) mass is 441 g/mol. The summed E-state index contributed by atoms with van der Waals surface area (Å²) in [6.45, 7) is 5.44. The first-order valence-electron chi connectivity index (χ1n) is 9.39. The van der Waals surface area contributed by atoms with Crippen molar-refractivity contribution in [3.63, 3.8) is 0 Å². The summed E-state index contributed by atoms with van der Waals surface area (Å²) in [4.78, 5) is 17.9. The number of hydrogen-bond acceptors (Lipinski definition) is 7. The van der Waals surface area contributed by atoms with E-state index in [4.69, 9.17) is 30.0 Å². The van der Waals surface area contributed by atoms with Gasteiger partial charge in [0.05, 0.1) is 47.3 Å². The third-order valence-corrected chi connectivity index (χ3v) is 5.20. The fourth-order valence-electron chi connectivity index (χ4n) is 3.44. The number of methoxy groups -OCH3 is 2. The summed E-state index contributed by atoms with van der Waals surface area (Å²) >= 11 is 6.17. The minimum absolute atomic E-state index is 0.263. The van der Waals surface area contributed by atoms with E-state index in [-0.39, 0.29) is 11.6 Å². The predicted molar refractivity (Wildman–Crippen MR) is 116 cm³/mol. The number of benzene rings is 1. The highest BCUT2D eigenvalue weighted by Crippen LogP contribution is 2.37. The molecule has 0 aliphatic rings. The number of ether oxygens (including phenoxy) is 2. The lowest BCUT2D eigenvalue weighted by atomic mass is 10.1. The second-order valence-electron chi connectivity index (χ2n) is 6.97. The minimum atomic E-state index is -0.388. The average Bonchev–Trinajstić information content (AvgIpc) is 3.29. The molecule has 0 aliphatic carbocycles. The van der Waals surface area contributed by atoms with Crippen LogP contribution in [-0.2, 0) is 0 Å². The van der Waals surface area contributed by atoms with Crippen LogP contribution in [0.25, 0.3) is 22.4 Å². The van der Waals surface area contributed by atoms with Gasteiger partial charge in [-0.15, -0.1) is 0 Å². The van der Waals surface area contributed by atoms with Crippen LogP contribution in [0, 0.1) is 20.8 Å². The van der Waals surface area contributed by atoms with Crippen molar-refractivity contribution in [2.45, 2.75) is 20.8 Å². The molecule has 0 spiro atoms. The summed E-state index contributed by atoms with van der Waals surface area (Å²) < 4.78 is 21.6. The van der Waals surface area contributed by atoms with Crippen LogP contribution in [0.4, 0.5) is 5.69 Å². The lowest BCUT2D eigenvalue weighted by molar-refractivity contribution is 0.102. The smallest absolute Gasteiger partial charge is 0.259 e. The number of amides is 1. The molecule has 9 heteroatoms. The number of fused-ring (bicyclic) bond motifs is 1. The molecule has 3 aromatic heterocycles. The third kappa shape index (κ3) is 3.70. The largest absolute Gasteiger partial charge is 0.495 e. The van der Waals surface area contributed by atoms with Gasteiger partial charge in [0, 0.05) is 17.7 Å². The van der Waals surface area contributed by atoms with E-state index < -0.39 is 0 Å². The van der Waals surface area contributed by atoms with Crippen LogP contribution in [0.5, 0.6) is 11.5 Å². The number of aromatic nitrogens is 2. The first-order valence-corrected chi connectivity index (χ1v) is 9.77. The lowest BCUT2D eigenvalue weighted by Crippen LogP contribution is -2.14. The zero-order valence-electron chi connectivity index (χ0n) is 17.6. The van der Waals surface area contributed by atoms with Gasteiger partial charge in [0.25, 0.3) is 11.6 Å². The number of furan rings is 1. The molecule has 0 aliphatic heterocycles. The van der Waals surface area contributed by atoms with Crippen molar-refractivity contribution < 1.29 is 23.2 Å². The molecule has 160 valence electrons. The van der Waals surface area contributed by atoms with Crippen LogP contribution in [0.15, 0.2) is 33.2 Å². The highest BCUT2D eigenvalue weighted by atomic mass is 35.5. The van der Waals surface area contributed by atoms with E-state index in [1.54, 1.807) is 25.1 Å². The van der Waals surface area contributed by atoms with Crippen molar-refractivity contribution in [3.8, 4) is 22.8 Å². The zero-order chi connectivity index (χ0) is 22.3. The Hall–Kier alpha value is -3.52. The molecule has 0 saturated carbocycles. The van der Waals surface area contributed by atoms with E-state index in [9.17, 15) is 4.79 Å². The molecule has 0 radical (unpaired) electrons. The van der Waals surface area contributed by atoms with Gasteiger partial charge in [0.1, 0.15) is 23.0 Å². The Morgan fingerprint density at radius 1 is 1.06 bits per heavy atom. The number of nitrogens with zero attached hydrogens (tertiary/aromatic N) is 2. The number of pyridine rings is 1. The highest BCUT2D eigenvalue weighted by Gasteiger charge is 2.22. The molecular weight excluding hydrogens is 422 g/mol. The van der Waals surface area contributed by atoms with Gasteiger partial charge in [0.15, 0.2) is 0 Å². The fourth-order valence-corrected chi connectivity index (χ4v) is 3.68. The summed E-state index contributed by atoms with van der Waals surface area (Å²) in [5.74, 6) is 1.85. The number of carbonyl (C=O) groups is 1. The number of aryl methyl sites for hydroxylation is 3. The maximum Gasteiger partial charge on any atom is 0.259 e. The van der Waals surface area contributed by atoms with Gasteiger partial charge >= 0.3 is 0 Å².